The summed E-state index contributed by atoms with van der Waals surface area (Å²) >= 11 is 3.30. The summed E-state index contributed by atoms with van der Waals surface area (Å²) in [6.07, 6.45) is 0. The lowest BCUT2D eigenvalue weighted by Crippen LogP contribution is -2.04. The molecule has 0 amide bonds. The number of nitro groups is 1. The molecule has 0 unspecified atom stereocenters. The highest BCUT2D eigenvalue weighted by Gasteiger charge is 2.06. The summed E-state index contributed by atoms with van der Waals surface area (Å²) < 4.78 is 5.87. The van der Waals surface area contributed by atoms with Gasteiger partial charge < -0.3 is 4.74 Å². The highest BCUT2D eigenvalue weighted by atomic mass is 79.9. The maximum atomic E-state index is 11.5. The molecule has 0 N–H and O–H groups in total. The number of nitro benzene ring substituents is 1. The van der Waals surface area contributed by atoms with E-state index in [0.29, 0.717) is 5.56 Å². The van der Waals surface area contributed by atoms with E-state index in [1.165, 1.54) is 24.3 Å². The molecule has 0 aliphatic heterocycles. The van der Waals surface area contributed by atoms with Gasteiger partial charge in [-0.3, -0.25) is 10.1 Å². The number of non-ortho nitro benzene ring substituents is 1. The standard InChI is InChI=1S/C15H8BrNO4/c16-12-4-1-11(2-5-12)3-10-15(18)21-14-8-6-13(7-9-14)17(19)20/h1-2,4-9H. The molecule has 0 saturated heterocycles. The number of carbonyl (C=O) groups excluding carboxylic acids is 1. The average Bonchev–Trinajstić information content (AvgIpc) is 2.47. The van der Waals surface area contributed by atoms with Crippen LogP contribution in [0.3, 0.4) is 0 Å². The predicted molar refractivity (Wildman–Crippen MR) is 79.8 cm³/mol. The van der Waals surface area contributed by atoms with Crippen molar-refractivity contribution in [2.24, 2.45) is 0 Å². The Morgan fingerprint density at radius 2 is 1.71 bits per heavy atom. The minimum Gasteiger partial charge on any atom is -0.417 e. The zero-order valence-electron chi connectivity index (χ0n) is 10.6. The fourth-order valence-electron chi connectivity index (χ4n) is 1.42. The molecular weight excluding hydrogens is 338 g/mol. The van der Waals surface area contributed by atoms with Gasteiger partial charge in [-0.1, -0.05) is 21.9 Å². The second-order valence-electron chi connectivity index (χ2n) is 3.90. The van der Waals surface area contributed by atoms with Crippen LogP contribution in [-0.4, -0.2) is 10.9 Å². The van der Waals surface area contributed by atoms with Crippen LogP contribution in [0.5, 0.6) is 5.75 Å². The van der Waals surface area contributed by atoms with Crippen LogP contribution in [0.2, 0.25) is 0 Å². The number of nitrogens with zero attached hydrogens (tertiary/aromatic N) is 1. The molecule has 0 aromatic heterocycles. The summed E-state index contributed by atoms with van der Waals surface area (Å²) in [5.41, 5.74) is 0.606. The van der Waals surface area contributed by atoms with Crippen molar-refractivity contribution in [2.75, 3.05) is 0 Å². The second-order valence-corrected chi connectivity index (χ2v) is 4.81. The van der Waals surface area contributed by atoms with Gasteiger partial charge >= 0.3 is 5.97 Å². The van der Waals surface area contributed by atoms with Crippen LogP contribution in [0.15, 0.2) is 53.0 Å². The monoisotopic (exact) mass is 345 g/mol. The predicted octanol–water partition coefficient (Wildman–Crippen LogP) is 3.31. The Kier molecular flexibility index (Phi) is 4.69. The topological polar surface area (TPSA) is 69.4 Å². The lowest BCUT2D eigenvalue weighted by Gasteiger charge is -1.98. The van der Waals surface area contributed by atoms with Crippen molar-refractivity contribution in [3.8, 4) is 17.6 Å². The van der Waals surface area contributed by atoms with Gasteiger partial charge in [0.1, 0.15) is 5.75 Å². The number of carbonyl (C=O) groups is 1. The first-order valence-corrected chi connectivity index (χ1v) is 6.58. The Labute approximate surface area is 128 Å². The van der Waals surface area contributed by atoms with E-state index >= 15 is 0 Å². The van der Waals surface area contributed by atoms with Crippen molar-refractivity contribution < 1.29 is 14.5 Å². The molecule has 0 heterocycles. The summed E-state index contributed by atoms with van der Waals surface area (Å²) in [7, 11) is 0. The van der Waals surface area contributed by atoms with Crippen molar-refractivity contribution in [2.45, 2.75) is 0 Å². The Balaban J connectivity index is 2.02. The molecule has 2 rings (SSSR count). The molecule has 0 aliphatic carbocycles. The van der Waals surface area contributed by atoms with Crippen LogP contribution in [0.25, 0.3) is 0 Å². The van der Waals surface area contributed by atoms with Gasteiger partial charge in [0.15, 0.2) is 0 Å². The molecule has 6 heteroatoms. The van der Waals surface area contributed by atoms with E-state index in [1.54, 1.807) is 12.1 Å². The van der Waals surface area contributed by atoms with Crippen molar-refractivity contribution in [1.82, 2.24) is 0 Å². The van der Waals surface area contributed by atoms with Crippen molar-refractivity contribution in [3.05, 3.63) is 68.7 Å². The average molecular weight is 346 g/mol. The maximum Gasteiger partial charge on any atom is 0.390 e. The van der Waals surface area contributed by atoms with Crippen molar-refractivity contribution in [1.29, 1.82) is 0 Å². The minimum absolute atomic E-state index is 0.0734. The molecule has 0 spiro atoms. The fraction of sp³-hybridized carbons (Fsp3) is 0. The van der Waals surface area contributed by atoms with E-state index in [2.05, 4.69) is 27.8 Å². The quantitative estimate of drug-likeness (QED) is 0.275. The van der Waals surface area contributed by atoms with Crippen molar-refractivity contribution in [3.63, 3.8) is 0 Å². The zero-order chi connectivity index (χ0) is 15.2. The molecule has 104 valence electrons. The molecule has 0 radical (unpaired) electrons. The molecule has 21 heavy (non-hydrogen) atoms. The van der Waals surface area contributed by atoms with Crippen LogP contribution in [0, 0.1) is 22.0 Å². The number of esters is 1. The largest absolute Gasteiger partial charge is 0.417 e. The molecule has 0 bridgehead atoms. The van der Waals surface area contributed by atoms with Gasteiger partial charge in [0.2, 0.25) is 0 Å². The Bertz CT molecular complexity index is 727. The zero-order valence-corrected chi connectivity index (χ0v) is 12.2. The molecule has 5 nitrogen and oxygen atoms in total. The maximum absolute atomic E-state index is 11.5. The van der Waals surface area contributed by atoms with E-state index < -0.39 is 10.9 Å². The smallest absolute Gasteiger partial charge is 0.390 e. The van der Waals surface area contributed by atoms with Gasteiger partial charge in [0, 0.05) is 28.1 Å². The number of hydrogen-bond donors (Lipinski definition) is 0. The van der Waals surface area contributed by atoms with Gasteiger partial charge in [-0.15, -0.1) is 0 Å². The van der Waals surface area contributed by atoms with Gasteiger partial charge in [-0.05, 0) is 36.4 Å². The summed E-state index contributed by atoms with van der Waals surface area (Å²) in [5.74, 6) is 4.49. The van der Waals surface area contributed by atoms with Crippen LogP contribution in [0.1, 0.15) is 5.56 Å². The third-order valence-corrected chi connectivity index (χ3v) is 2.94. The number of ether oxygens (including phenoxy) is 1. The Morgan fingerprint density at radius 3 is 2.29 bits per heavy atom. The summed E-state index contributed by atoms with van der Waals surface area (Å²) in [4.78, 5) is 21.5. The minimum atomic E-state index is -0.730. The molecule has 2 aromatic rings. The van der Waals surface area contributed by atoms with Gasteiger partial charge in [-0.25, -0.2) is 4.79 Å². The molecule has 0 atom stereocenters. The fourth-order valence-corrected chi connectivity index (χ4v) is 1.69. The first-order valence-electron chi connectivity index (χ1n) is 5.78. The summed E-state index contributed by atoms with van der Waals surface area (Å²) in [5, 5.41) is 10.5. The molecule has 2 aromatic carbocycles. The normalized spacial score (nSPS) is 9.38. The van der Waals surface area contributed by atoms with Gasteiger partial charge in [-0.2, -0.15) is 0 Å². The molecule has 0 saturated carbocycles. The number of halogens is 1. The SMILES string of the molecule is O=C(C#Cc1ccc(Br)cc1)Oc1ccc([N+](=O)[O-])cc1. The van der Waals surface area contributed by atoms with E-state index in [1.807, 2.05) is 12.1 Å². The first kappa shape index (κ1) is 14.8. The highest BCUT2D eigenvalue weighted by Crippen LogP contribution is 2.17. The molecular formula is C15H8BrNO4. The van der Waals surface area contributed by atoms with Crippen LogP contribution < -0.4 is 4.74 Å². The Hall–Kier alpha value is -2.65. The van der Waals surface area contributed by atoms with Crippen LogP contribution in [0.4, 0.5) is 5.69 Å². The van der Waals surface area contributed by atoms with E-state index in [4.69, 9.17) is 4.74 Å². The van der Waals surface area contributed by atoms with Crippen LogP contribution in [-0.2, 0) is 4.79 Å². The highest BCUT2D eigenvalue weighted by molar-refractivity contribution is 9.10. The van der Waals surface area contributed by atoms with Crippen LogP contribution >= 0.6 is 15.9 Å². The number of rotatable bonds is 2. The summed E-state index contributed by atoms with van der Waals surface area (Å²) in [6.45, 7) is 0. The van der Waals surface area contributed by atoms with Crippen molar-refractivity contribution >= 4 is 27.6 Å². The second kappa shape index (κ2) is 6.68. The third kappa shape index (κ3) is 4.44. The number of hydrogen-bond acceptors (Lipinski definition) is 4. The lowest BCUT2D eigenvalue weighted by molar-refractivity contribution is -0.384. The Morgan fingerprint density at radius 1 is 1.10 bits per heavy atom. The molecule has 0 fully saturated rings. The van der Waals surface area contributed by atoms with E-state index in [0.717, 1.165) is 4.47 Å². The molecule has 0 aliphatic rings. The van der Waals surface area contributed by atoms with E-state index in [9.17, 15) is 14.9 Å². The first-order chi connectivity index (χ1) is 10.0. The number of benzene rings is 2. The third-order valence-electron chi connectivity index (χ3n) is 2.41. The lowest BCUT2D eigenvalue weighted by atomic mass is 10.2. The van der Waals surface area contributed by atoms with Gasteiger partial charge in [0.05, 0.1) is 4.92 Å². The summed E-state index contributed by atoms with van der Waals surface area (Å²) in [6, 6.07) is 12.3. The van der Waals surface area contributed by atoms with E-state index in [-0.39, 0.29) is 11.4 Å². The van der Waals surface area contributed by atoms with Gasteiger partial charge in [0.25, 0.3) is 5.69 Å².